The molecular formula is C38H61F2N10O10S3+. The minimum Gasteiger partial charge on any atom is -0.480 e. The lowest BCUT2D eigenvalue weighted by atomic mass is 10.2. The van der Waals surface area contributed by atoms with Crippen LogP contribution in [-0.2, 0) is 40.6 Å². The lowest BCUT2D eigenvalue weighted by Crippen LogP contribution is -2.50. The molecule has 4 saturated heterocycles. The number of piperazine rings is 2. The Kier molecular flexibility index (Phi) is 23.2. The highest BCUT2D eigenvalue weighted by atomic mass is 32.2. The second-order valence-corrected chi connectivity index (χ2v) is 18.0. The van der Waals surface area contributed by atoms with Crippen molar-refractivity contribution >= 4 is 85.5 Å². The number of amides is 3. The van der Waals surface area contributed by atoms with Crippen LogP contribution in [0.15, 0.2) is 36.4 Å². The Morgan fingerprint density at radius 1 is 0.857 bits per heavy atom. The van der Waals surface area contributed by atoms with Crippen LogP contribution < -0.4 is 42.3 Å². The summed E-state index contributed by atoms with van der Waals surface area (Å²) >= 11 is 5.13. The highest BCUT2D eigenvalue weighted by molar-refractivity contribution is 7.85. The molecule has 3 amide bonds. The van der Waals surface area contributed by atoms with Gasteiger partial charge < -0.3 is 50.9 Å². The standard InChI is InChI=1S/C20H27FN4O4S2.C17H23FN4O4S.CH4O.H4N2.H2O/c1-3-18(30)22-11-15-12-25(20(28)29-15)14-4-5-17(16(21)10-14)23-6-8-24(9-7-23)31(2)13-19(26)27;1-27(25)11-16(23)21-6-4-20(5-7-21)15-3-2-12(8-14(15)18)22-10-13(9-19)26-17(22)24;2*1-2;/h4-5,10,15H,3,6-9,11-13H2,1-2H3,(H-,22,26,27,30);2-3,8,13H,4-7,9-11,19H2,1H3;2H,1H3;1-2H2;1H2/p+1/t15-,31?;13-,27?;;;/m00.../s1. The molecule has 4 aliphatic heterocycles. The largest absolute Gasteiger partial charge is 0.480 e. The molecule has 2 unspecified atom stereocenters. The molecule has 0 radical (unpaired) electrons. The first kappa shape index (κ1) is 54.5. The third-order valence-corrected chi connectivity index (χ3v) is 13.0. The number of halogens is 2. The molecule has 6 rings (SSSR count). The van der Waals surface area contributed by atoms with Crippen LogP contribution in [0.1, 0.15) is 13.3 Å². The molecule has 4 fully saturated rings. The molecule has 354 valence electrons. The second kappa shape index (κ2) is 26.9. The minimum atomic E-state index is -1.17. The molecule has 4 heterocycles. The van der Waals surface area contributed by atoms with Crippen LogP contribution in [0, 0.1) is 11.6 Å². The van der Waals surface area contributed by atoms with Crippen molar-refractivity contribution in [2.45, 2.75) is 25.6 Å². The number of hydrogen-bond donors (Lipinski definition) is 6. The zero-order valence-electron chi connectivity index (χ0n) is 35.9. The number of nitrogens with two attached hydrogens (primary N) is 3. The lowest BCUT2D eigenvalue weighted by Gasteiger charge is -2.36. The van der Waals surface area contributed by atoms with Crippen molar-refractivity contribution in [1.29, 1.82) is 0 Å². The Labute approximate surface area is 376 Å². The maximum absolute atomic E-state index is 14.9. The van der Waals surface area contributed by atoms with Gasteiger partial charge in [-0.1, -0.05) is 19.1 Å². The molecule has 63 heavy (non-hydrogen) atoms. The average molecular weight is 952 g/mol. The fraction of sp³-hybridized carbons (Fsp3) is 0.553. The van der Waals surface area contributed by atoms with Gasteiger partial charge in [-0.15, -0.1) is 0 Å². The zero-order valence-corrected chi connectivity index (χ0v) is 38.3. The number of nitrogens with one attached hydrogen (secondary N) is 1. The summed E-state index contributed by atoms with van der Waals surface area (Å²) in [6.07, 6.45) is 2.38. The first-order valence-electron chi connectivity index (χ1n) is 19.6. The van der Waals surface area contributed by atoms with Gasteiger partial charge in [0.15, 0.2) is 13.1 Å². The van der Waals surface area contributed by atoms with Crippen LogP contribution in [0.25, 0.3) is 0 Å². The number of hydrazine groups is 1. The van der Waals surface area contributed by atoms with Gasteiger partial charge in [-0.25, -0.2) is 22.3 Å². The van der Waals surface area contributed by atoms with E-state index >= 15 is 0 Å². The summed E-state index contributed by atoms with van der Waals surface area (Å²) in [5.74, 6) is 6.35. The van der Waals surface area contributed by atoms with E-state index in [9.17, 15) is 32.2 Å². The Morgan fingerprint density at radius 3 is 1.76 bits per heavy atom. The predicted octanol–water partition coefficient (Wildman–Crippen LogP) is -0.434. The molecule has 25 heteroatoms. The Bertz CT molecular complexity index is 1940. The van der Waals surface area contributed by atoms with Crippen LogP contribution in [0.3, 0.4) is 0 Å². The first-order chi connectivity index (χ1) is 29.7. The van der Waals surface area contributed by atoms with Gasteiger partial charge in [0.05, 0.1) is 60.5 Å². The number of anilines is 4. The molecule has 0 spiro atoms. The van der Waals surface area contributed by atoms with Gasteiger partial charge in [-0.05, 0) is 42.8 Å². The summed E-state index contributed by atoms with van der Waals surface area (Å²) in [4.78, 5) is 56.0. The van der Waals surface area contributed by atoms with Gasteiger partial charge in [-0.3, -0.25) is 35.3 Å². The van der Waals surface area contributed by atoms with Gasteiger partial charge in [-0.2, -0.15) is 0 Å². The number of rotatable bonds is 12. The average Bonchev–Trinajstić information content (AvgIpc) is 3.85. The molecule has 2 aromatic carbocycles. The van der Waals surface area contributed by atoms with E-state index in [4.69, 9.17) is 37.6 Å². The van der Waals surface area contributed by atoms with Gasteiger partial charge >= 0.3 is 18.2 Å². The number of thiocarbonyl (C=S) groups is 1. The van der Waals surface area contributed by atoms with E-state index in [1.807, 2.05) is 23.0 Å². The lowest BCUT2D eigenvalue weighted by molar-refractivity contribution is -0.504. The Balaban J connectivity index is 0.000000399. The first-order valence-corrected chi connectivity index (χ1v) is 23.5. The number of cyclic esters (lactones) is 2. The molecule has 4 aliphatic rings. The number of carbonyl (C=O) groups is 4. The van der Waals surface area contributed by atoms with Crippen LogP contribution in [-0.4, -0.2) is 180 Å². The Hall–Kier alpha value is -4.63. The van der Waals surface area contributed by atoms with Crippen molar-refractivity contribution in [3.8, 4) is 0 Å². The van der Waals surface area contributed by atoms with Crippen LogP contribution >= 0.6 is 12.2 Å². The number of benzene rings is 2. The normalized spacial score (nSPS) is 19.1. The van der Waals surface area contributed by atoms with E-state index in [1.54, 1.807) is 29.2 Å². The maximum atomic E-state index is 14.9. The number of carboxylic acids is 1. The molecule has 0 saturated carbocycles. The van der Waals surface area contributed by atoms with Crippen molar-refractivity contribution < 1.29 is 61.3 Å². The molecule has 20 nitrogen and oxygen atoms in total. The maximum Gasteiger partial charge on any atom is 0.414 e. The topological polar surface area (TPSA) is 285 Å². The van der Waals surface area contributed by atoms with Crippen molar-refractivity contribution in [1.82, 2.24) is 10.2 Å². The summed E-state index contributed by atoms with van der Waals surface area (Å²) in [5, 5.41) is 19.0. The third-order valence-electron chi connectivity index (χ3n) is 10.00. The quantitative estimate of drug-likeness (QED) is 0.0681. The number of ether oxygens (including phenoxy) is 2. The SMILES string of the molecule is CCC(=S)NC[C@H]1CN(c2ccc(N3CC[N+](=S(C)CC(=O)O)CC3)c(F)c2)C(=O)O1.CO.CS(=O)CC(=O)N1CCN(c2ccc(N3C[C@H](CN)OC3=O)cc2F)CC1.NN.O. The smallest absolute Gasteiger partial charge is 0.414 e. The number of aliphatic carboxylic acids is 1. The molecule has 11 N–H and O–H groups in total. The van der Waals surface area contributed by atoms with E-state index in [-0.39, 0.29) is 52.3 Å². The molecule has 4 atom stereocenters. The molecule has 2 aromatic rings. The highest BCUT2D eigenvalue weighted by Crippen LogP contribution is 2.30. The number of aliphatic hydroxyl groups is 1. The van der Waals surface area contributed by atoms with E-state index in [0.29, 0.717) is 99.7 Å². The summed E-state index contributed by atoms with van der Waals surface area (Å²) in [6.45, 7) is 7.70. The van der Waals surface area contributed by atoms with Gasteiger partial charge in [0.25, 0.3) is 0 Å². The van der Waals surface area contributed by atoms with E-state index < -0.39 is 40.6 Å². The predicted molar refractivity (Wildman–Crippen MR) is 244 cm³/mol. The number of aliphatic hydroxyl groups excluding tert-OH is 1. The van der Waals surface area contributed by atoms with Crippen molar-refractivity contribution in [2.24, 2.45) is 17.4 Å². The number of carboxylic acid groups (broad SMARTS) is 1. The summed E-state index contributed by atoms with van der Waals surface area (Å²) < 4.78 is 53.3. The fourth-order valence-corrected chi connectivity index (χ4v) is 8.80. The summed E-state index contributed by atoms with van der Waals surface area (Å²) in [5.41, 5.74) is 7.31. The fourth-order valence-electron chi connectivity index (χ4n) is 6.86. The molecular weight excluding hydrogens is 891 g/mol. The van der Waals surface area contributed by atoms with Gasteiger partial charge in [0, 0.05) is 73.8 Å². The van der Waals surface area contributed by atoms with Crippen molar-refractivity contribution in [3.63, 3.8) is 0 Å². The number of hydrogen-bond acceptors (Lipinski definition) is 14. The highest BCUT2D eigenvalue weighted by Gasteiger charge is 2.34. The number of carbonyl (C=O) groups excluding carboxylic acids is 3. The van der Waals surface area contributed by atoms with Crippen molar-refractivity contribution in [3.05, 3.63) is 48.0 Å². The number of nitrogens with zero attached hydrogens (tertiary/aromatic N) is 6. The molecule has 0 aromatic heterocycles. The van der Waals surface area contributed by atoms with E-state index in [1.165, 1.54) is 28.2 Å². The Morgan fingerprint density at radius 2 is 1.33 bits per heavy atom. The van der Waals surface area contributed by atoms with Crippen LogP contribution in [0.5, 0.6) is 0 Å². The second-order valence-electron chi connectivity index (χ2n) is 14.0. The monoisotopic (exact) mass is 951 g/mol. The summed E-state index contributed by atoms with van der Waals surface area (Å²) in [7, 11) is -0.511. The summed E-state index contributed by atoms with van der Waals surface area (Å²) in [6, 6.07) is 9.40. The van der Waals surface area contributed by atoms with E-state index in [0.717, 1.165) is 13.5 Å². The third kappa shape index (κ3) is 15.5. The molecule has 0 bridgehead atoms. The van der Waals surface area contributed by atoms with Crippen LogP contribution in [0.2, 0.25) is 0 Å². The molecule has 0 aliphatic carbocycles. The van der Waals surface area contributed by atoms with Crippen LogP contribution in [0.4, 0.5) is 41.1 Å². The van der Waals surface area contributed by atoms with Gasteiger partial charge in [0.2, 0.25) is 5.91 Å². The zero-order chi connectivity index (χ0) is 46.1. The van der Waals surface area contributed by atoms with Gasteiger partial charge in [0.1, 0.15) is 35.3 Å². The minimum absolute atomic E-state index is 0. The van der Waals surface area contributed by atoms with Crippen molar-refractivity contribution in [2.75, 3.05) is 129 Å². The van der Waals surface area contributed by atoms with E-state index in [2.05, 4.69) is 20.9 Å².